The zero-order valence-electron chi connectivity index (χ0n) is 21.1. The van der Waals surface area contributed by atoms with Crippen LogP contribution in [0.2, 0.25) is 0 Å². The molecule has 2 fully saturated rings. The van der Waals surface area contributed by atoms with Crippen molar-refractivity contribution in [3.8, 4) is 11.3 Å². The van der Waals surface area contributed by atoms with Gasteiger partial charge < -0.3 is 25.4 Å². The minimum absolute atomic E-state index is 0.246. The lowest BCUT2D eigenvalue weighted by atomic mass is 10.1. The molecular weight excluding hydrogens is 482 g/mol. The number of anilines is 3. The van der Waals surface area contributed by atoms with Gasteiger partial charge in [0.1, 0.15) is 17.2 Å². The first-order chi connectivity index (χ1) is 18.7. The maximum atomic E-state index is 13.0. The Balaban J connectivity index is 1.16. The van der Waals surface area contributed by atoms with Crippen LogP contribution in [0, 0.1) is 0 Å². The number of hydrogen-bond donors (Lipinski definition) is 4. The van der Waals surface area contributed by atoms with Crippen molar-refractivity contribution in [1.82, 2.24) is 35.5 Å². The average molecular weight is 514 g/mol. The number of carbonyl (C=O) groups excluding carboxylic acids is 1. The van der Waals surface area contributed by atoms with E-state index in [1.807, 2.05) is 42.5 Å². The Labute approximate surface area is 220 Å². The zero-order chi connectivity index (χ0) is 25.7. The Morgan fingerprint density at radius 2 is 1.89 bits per heavy atom. The molecule has 1 aromatic carbocycles. The molecule has 4 aromatic rings. The summed E-state index contributed by atoms with van der Waals surface area (Å²) in [6.07, 6.45) is 4.80. The van der Waals surface area contributed by atoms with E-state index in [0.29, 0.717) is 42.4 Å². The standard InChI is InChI=1S/C27H31N9O2/c37-26(28-10-13-36-11-4-5-12-36)23-16-24(31-25-15-21(33-34-25)19-8-9-19)32-27(30-23)29-17-20-14-22(35-38-20)18-6-2-1-3-7-18/h1-3,6-7,14-16,19H,4-5,8-13,17H2,(H,28,37)(H3,29,30,31,32,33,34). The molecule has 0 spiro atoms. The van der Waals surface area contributed by atoms with E-state index in [4.69, 9.17) is 4.52 Å². The molecule has 0 bridgehead atoms. The second kappa shape index (κ2) is 11.0. The van der Waals surface area contributed by atoms with Gasteiger partial charge in [0.2, 0.25) is 5.95 Å². The number of H-pyrrole nitrogens is 1. The van der Waals surface area contributed by atoms with Gasteiger partial charge in [0.25, 0.3) is 5.91 Å². The molecule has 1 aliphatic heterocycles. The van der Waals surface area contributed by atoms with Crippen molar-refractivity contribution in [1.29, 1.82) is 0 Å². The Kier molecular flexibility index (Phi) is 6.99. The number of benzene rings is 1. The van der Waals surface area contributed by atoms with Crippen LogP contribution in [-0.2, 0) is 6.54 Å². The van der Waals surface area contributed by atoms with E-state index < -0.39 is 0 Å². The van der Waals surface area contributed by atoms with Gasteiger partial charge in [-0.15, -0.1) is 0 Å². The maximum Gasteiger partial charge on any atom is 0.270 e. The predicted molar refractivity (Wildman–Crippen MR) is 143 cm³/mol. The molecule has 1 aliphatic carbocycles. The molecule has 11 nitrogen and oxygen atoms in total. The van der Waals surface area contributed by atoms with Crippen LogP contribution >= 0.6 is 0 Å². The molecule has 0 radical (unpaired) electrons. The van der Waals surface area contributed by atoms with Crippen LogP contribution in [0.15, 0.2) is 53.1 Å². The molecule has 1 saturated heterocycles. The fourth-order valence-electron chi connectivity index (χ4n) is 4.57. The molecular formula is C27H31N9O2. The average Bonchev–Trinajstić information content (AvgIpc) is 3.30. The molecule has 11 heteroatoms. The number of likely N-dealkylation sites (tertiary alicyclic amines) is 1. The van der Waals surface area contributed by atoms with Gasteiger partial charge >= 0.3 is 0 Å². The lowest BCUT2D eigenvalue weighted by Gasteiger charge is -2.15. The number of rotatable bonds is 11. The third-order valence-corrected chi connectivity index (χ3v) is 6.79. The summed E-state index contributed by atoms with van der Waals surface area (Å²) in [5.41, 5.74) is 3.11. The Morgan fingerprint density at radius 3 is 2.71 bits per heavy atom. The van der Waals surface area contributed by atoms with Crippen molar-refractivity contribution in [3.05, 3.63) is 65.7 Å². The zero-order valence-corrected chi connectivity index (χ0v) is 21.1. The number of carbonyl (C=O) groups is 1. The van der Waals surface area contributed by atoms with Crippen LogP contribution in [0.1, 0.15) is 53.5 Å². The van der Waals surface area contributed by atoms with Crippen LogP contribution in [0.25, 0.3) is 11.3 Å². The largest absolute Gasteiger partial charge is 0.359 e. The molecule has 0 unspecified atom stereocenters. The highest BCUT2D eigenvalue weighted by Crippen LogP contribution is 2.39. The second-order valence-corrected chi connectivity index (χ2v) is 9.77. The molecule has 1 saturated carbocycles. The van der Waals surface area contributed by atoms with E-state index in [1.165, 1.54) is 25.7 Å². The van der Waals surface area contributed by atoms with Gasteiger partial charge in [-0.3, -0.25) is 9.89 Å². The van der Waals surface area contributed by atoms with Crippen LogP contribution in [0.4, 0.5) is 17.6 Å². The van der Waals surface area contributed by atoms with Gasteiger partial charge in [-0.25, -0.2) is 4.98 Å². The predicted octanol–water partition coefficient (Wildman–Crippen LogP) is 3.91. The molecule has 0 atom stereocenters. The van der Waals surface area contributed by atoms with Crippen molar-refractivity contribution in [3.63, 3.8) is 0 Å². The number of nitrogens with zero attached hydrogens (tertiary/aromatic N) is 5. The summed E-state index contributed by atoms with van der Waals surface area (Å²) >= 11 is 0. The van der Waals surface area contributed by atoms with Gasteiger partial charge in [-0.05, 0) is 38.8 Å². The van der Waals surface area contributed by atoms with Crippen molar-refractivity contribution in [2.24, 2.45) is 0 Å². The highest BCUT2D eigenvalue weighted by molar-refractivity contribution is 5.93. The number of hydrogen-bond acceptors (Lipinski definition) is 9. The molecule has 3 aromatic heterocycles. The summed E-state index contributed by atoms with van der Waals surface area (Å²) in [6, 6.07) is 15.3. The lowest BCUT2D eigenvalue weighted by molar-refractivity contribution is 0.0945. The van der Waals surface area contributed by atoms with E-state index in [2.05, 4.69) is 46.2 Å². The first-order valence-corrected chi connectivity index (χ1v) is 13.2. The SMILES string of the molecule is O=C(NCCN1CCCC1)c1cc(Nc2cc(C3CC3)[nH]n2)nc(NCc2cc(-c3ccccc3)no2)n1. The first kappa shape index (κ1) is 24.1. The van der Waals surface area contributed by atoms with E-state index in [0.717, 1.165) is 36.6 Å². The van der Waals surface area contributed by atoms with Crippen molar-refractivity contribution in [2.75, 3.05) is 36.8 Å². The normalized spacial score (nSPS) is 15.5. The van der Waals surface area contributed by atoms with Crippen molar-refractivity contribution in [2.45, 2.75) is 38.1 Å². The summed E-state index contributed by atoms with van der Waals surface area (Å²) in [5.74, 6) is 2.37. The molecule has 6 rings (SSSR count). The third kappa shape index (κ3) is 6.00. The lowest BCUT2D eigenvalue weighted by Crippen LogP contribution is -2.34. The summed E-state index contributed by atoms with van der Waals surface area (Å²) in [5, 5.41) is 21.0. The Bertz CT molecular complexity index is 1370. The van der Waals surface area contributed by atoms with Crippen LogP contribution in [0.3, 0.4) is 0 Å². The maximum absolute atomic E-state index is 13.0. The second-order valence-electron chi connectivity index (χ2n) is 9.77. The molecule has 4 N–H and O–H groups in total. The number of aromatic amines is 1. The fourth-order valence-corrected chi connectivity index (χ4v) is 4.57. The van der Waals surface area contributed by atoms with Crippen molar-refractivity contribution < 1.29 is 9.32 Å². The minimum Gasteiger partial charge on any atom is -0.359 e. The van der Waals surface area contributed by atoms with Gasteiger partial charge in [0, 0.05) is 48.5 Å². The number of nitrogens with one attached hydrogen (secondary N) is 4. The first-order valence-electron chi connectivity index (χ1n) is 13.2. The van der Waals surface area contributed by atoms with E-state index in [9.17, 15) is 4.79 Å². The smallest absolute Gasteiger partial charge is 0.270 e. The van der Waals surface area contributed by atoms with Crippen molar-refractivity contribution >= 4 is 23.5 Å². The molecule has 196 valence electrons. The van der Waals surface area contributed by atoms with E-state index >= 15 is 0 Å². The molecule has 1 amide bonds. The number of aromatic nitrogens is 5. The highest BCUT2D eigenvalue weighted by atomic mass is 16.5. The van der Waals surface area contributed by atoms with Crippen LogP contribution < -0.4 is 16.0 Å². The van der Waals surface area contributed by atoms with Gasteiger partial charge in [-0.2, -0.15) is 10.1 Å². The van der Waals surface area contributed by atoms with Crippen LogP contribution in [-0.4, -0.2) is 62.3 Å². The quantitative estimate of drug-likeness (QED) is 0.235. The van der Waals surface area contributed by atoms with E-state index in [1.54, 1.807) is 6.07 Å². The minimum atomic E-state index is -0.246. The summed E-state index contributed by atoms with van der Waals surface area (Å²) < 4.78 is 5.50. The van der Waals surface area contributed by atoms with E-state index in [-0.39, 0.29) is 11.6 Å². The summed E-state index contributed by atoms with van der Waals surface area (Å²) in [6.45, 7) is 3.89. The topological polar surface area (TPSA) is 137 Å². The van der Waals surface area contributed by atoms with Gasteiger partial charge in [-0.1, -0.05) is 35.5 Å². The Hall–Kier alpha value is -4.25. The fraction of sp³-hybridized carbons (Fsp3) is 0.370. The molecule has 4 heterocycles. The summed E-state index contributed by atoms with van der Waals surface area (Å²) in [7, 11) is 0. The van der Waals surface area contributed by atoms with Gasteiger partial charge in [0.05, 0.1) is 6.54 Å². The molecule has 38 heavy (non-hydrogen) atoms. The summed E-state index contributed by atoms with van der Waals surface area (Å²) in [4.78, 5) is 24.4. The van der Waals surface area contributed by atoms with Crippen LogP contribution in [0.5, 0.6) is 0 Å². The van der Waals surface area contributed by atoms with Gasteiger partial charge in [0.15, 0.2) is 11.6 Å². The third-order valence-electron chi connectivity index (χ3n) is 6.79. The highest BCUT2D eigenvalue weighted by Gasteiger charge is 2.25. The Morgan fingerprint density at radius 1 is 1.05 bits per heavy atom. The molecule has 2 aliphatic rings. The monoisotopic (exact) mass is 513 g/mol. The number of amides is 1.